The first-order valence-electron chi connectivity index (χ1n) is 31.6. The molecule has 0 radical (unpaired) electrons. The topological polar surface area (TPSA) is 313 Å². The molecule has 2 amide bonds. The molecule has 93 heavy (non-hydrogen) atoms. The van der Waals surface area contributed by atoms with Crippen LogP contribution in [0.3, 0.4) is 0 Å². The molecular weight excluding hydrogens is 1370 g/mol. The van der Waals surface area contributed by atoms with E-state index < -0.39 is 47.3 Å². The molecule has 24 nitrogen and oxygen atoms in total. The smallest absolute Gasteiger partial charge is 0.407 e. The summed E-state index contributed by atoms with van der Waals surface area (Å²) in [5.74, 6) is 1.39. The van der Waals surface area contributed by atoms with Gasteiger partial charge in [-0.3, -0.25) is 9.13 Å². The highest BCUT2D eigenvalue weighted by Gasteiger charge is 2.32. The van der Waals surface area contributed by atoms with Crippen molar-refractivity contribution in [2.45, 2.75) is 242 Å². The van der Waals surface area contributed by atoms with E-state index in [0.717, 1.165) is 89.8 Å². The van der Waals surface area contributed by atoms with Crippen LogP contribution in [0.5, 0.6) is 0 Å². The third kappa shape index (κ3) is 26.0. The third-order valence-electron chi connectivity index (χ3n) is 14.4. The minimum atomic E-state index is -3.91. The second-order valence-corrected chi connectivity index (χ2v) is 46.2. The fourth-order valence-corrected chi connectivity index (χ4v) is 17.6. The van der Waals surface area contributed by atoms with Crippen LogP contribution in [0.2, 0.25) is 51.4 Å². The van der Waals surface area contributed by atoms with Crippen LogP contribution in [0.1, 0.15) is 142 Å². The molecule has 4 aromatic heterocycles. The van der Waals surface area contributed by atoms with E-state index in [-0.39, 0.29) is 58.9 Å². The van der Waals surface area contributed by atoms with Crippen LogP contribution in [-0.4, -0.2) is 133 Å². The van der Waals surface area contributed by atoms with Crippen LogP contribution in [0.15, 0.2) is 75.7 Å². The van der Waals surface area contributed by atoms with Crippen molar-refractivity contribution in [2.24, 2.45) is 0 Å². The van der Waals surface area contributed by atoms with Gasteiger partial charge in [0.2, 0.25) is 31.9 Å². The van der Waals surface area contributed by atoms with Crippen LogP contribution < -0.4 is 31.1 Å². The zero-order chi connectivity index (χ0) is 68.7. The highest BCUT2D eigenvalue weighted by atomic mass is 79.9. The van der Waals surface area contributed by atoms with Gasteiger partial charge in [-0.2, -0.15) is 0 Å². The maximum Gasteiger partial charge on any atom is 0.407 e. The maximum atomic E-state index is 13.8. The lowest BCUT2D eigenvalue weighted by molar-refractivity contribution is 0.0882. The van der Waals surface area contributed by atoms with Gasteiger partial charge in [0.05, 0.1) is 41.8 Å². The van der Waals surface area contributed by atoms with Crippen molar-refractivity contribution in [1.29, 1.82) is 0 Å². The number of amides is 2. The molecule has 2 aliphatic carbocycles. The van der Waals surface area contributed by atoms with Crippen LogP contribution >= 0.6 is 38.6 Å². The molecule has 2 aliphatic rings. The van der Waals surface area contributed by atoms with E-state index in [1.165, 1.54) is 22.7 Å². The monoisotopic (exact) mass is 1460 g/mol. The third-order valence-corrected chi connectivity index (χ3v) is 24.3. The number of alkyl carbamates (subject to hydrolysis) is 2. The number of nitrogen functional groups attached to an aromatic ring is 1. The van der Waals surface area contributed by atoms with Crippen LogP contribution in [0, 0.1) is 0 Å². The Kier molecular flexibility index (Phi) is 27.8. The number of hydrogen-bond acceptors (Lipinski definition) is 20. The Morgan fingerprint density at radius 3 is 1.47 bits per heavy atom. The van der Waals surface area contributed by atoms with E-state index in [1.807, 2.05) is 93.5 Å². The zero-order valence-electron chi connectivity index (χ0n) is 56.9. The fraction of sp³-hybridized carbons (Fsp3) is 0.613. The number of carbonyl (C=O) groups excluding carboxylic acids is 2. The summed E-state index contributed by atoms with van der Waals surface area (Å²) in [4.78, 5) is 35.2. The summed E-state index contributed by atoms with van der Waals surface area (Å²) in [6.45, 7) is 34.3. The number of carbonyl (C=O) groups is 2. The standard InChI is InChI=1S/C31H49N7O5S2Si.C23H32BrN3O4S2.C8H18N4OSi/c1-21(2)43-30(39)35-23-11-9-22(10-12-23)28-32-18-26(44-28)25-14-13-24(17-27(25)45(40,41)37-31(3,4)5)34-29-36-33-19-38(29)20-42-15-16-46(6,7)8;1-14(2)31-22(28)26-17-9-6-15(7-10-17)21-25-13-19(32-21)18-11-8-16(24)12-20(18)33(29,30)27-23(3,4)5;1-14(2,3)5-4-13-7-12-6-10-11-8(12)9/h13-14,17-19,21-23,37H,9-12,15-16,20H2,1-8H3,(H,34,36)(H,35,39);8,11-15,17,27H,6-7,9-10H2,1-5H3,(H,26,28);6H,4-5,7H2,1-3H3,(H2,9,11). The molecule has 0 atom stereocenters. The Morgan fingerprint density at radius 1 is 0.634 bits per heavy atom. The van der Waals surface area contributed by atoms with Crippen molar-refractivity contribution >= 4 is 105 Å². The SMILES string of the molecule is CC(C)OC(=O)NC1CCC(c2ncc(-c3ccc(Br)cc3S(=O)(=O)NC(C)(C)C)s2)CC1.CC(C)OC(=O)NC1CCC(c2ncc(-c3ccc(Nc4nncn4COCC[Si](C)(C)C)cc3S(=O)(=O)NC(C)(C)C)s2)CC1.C[Si](C)(C)CCOCn1cnnc1N. The molecule has 0 unspecified atom stereocenters. The lowest BCUT2D eigenvalue weighted by Gasteiger charge is -2.28. The molecule has 7 N–H and O–H groups in total. The average molecular weight is 1460 g/mol. The second kappa shape index (κ2) is 33.6. The van der Waals surface area contributed by atoms with Gasteiger partial charge in [-0.05, 0) is 157 Å². The van der Waals surface area contributed by atoms with Gasteiger partial charge in [0, 0.05) is 98.0 Å². The maximum absolute atomic E-state index is 13.8. The molecule has 2 fully saturated rings. The van der Waals surface area contributed by atoms with Gasteiger partial charge in [0.1, 0.15) is 26.1 Å². The molecule has 2 saturated carbocycles. The summed E-state index contributed by atoms with van der Waals surface area (Å²) >= 11 is 6.46. The van der Waals surface area contributed by atoms with Crippen molar-refractivity contribution in [1.82, 2.24) is 59.6 Å². The first kappa shape index (κ1) is 76.8. The fourth-order valence-electron chi connectivity index (χ4n) is 9.89. The van der Waals surface area contributed by atoms with Gasteiger partial charge in [-0.15, -0.1) is 43.1 Å². The molecule has 2 aromatic carbocycles. The van der Waals surface area contributed by atoms with Gasteiger partial charge in [-0.25, -0.2) is 45.8 Å². The highest BCUT2D eigenvalue weighted by Crippen LogP contribution is 2.42. The summed E-state index contributed by atoms with van der Waals surface area (Å²) < 4.78 is 85.2. The summed E-state index contributed by atoms with van der Waals surface area (Å²) in [5.41, 5.74) is 6.03. The van der Waals surface area contributed by atoms with Crippen molar-refractivity contribution in [3.63, 3.8) is 0 Å². The Bertz CT molecular complexity index is 3600. The van der Waals surface area contributed by atoms with Crippen molar-refractivity contribution in [3.05, 3.63) is 75.9 Å². The van der Waals surface area contributed by atoms with Gasteiger partial charge in [-0.1, -0.05) is 67.3 Å². The number of sulfonamides is 2. The molecule has 0 spiro atoms. The summed E-state index contributed by atoms with van der Waals surface area (Å²) in [6.07, 6.45) is 12.6. The molecule has 31 heteroatoms. The molecular formula is C62H99BrN14O10S4Si2. The summed E-state index contributed by atoms with van der Waals surface area (Å²) in [5, 5.41) is 26.6. The molecule has 0 bridgehead atoms. The van der Waals surface area contributed by atoms with Crippen LogP contribution in [-0.2, 0) is 52.5 Å². The van der Waals surface area contributed by atoms with Crippen molar-refractivity contribution in [3.8, 4) is 20.9 Å². The quantitative estimate of drug-likeness (QED) is 0.0242. The van der Waals surface area contributed by atoms with E-state index in [1.54, 1.807) is 46.3 Å². The Morgan fingerprint density at radius 2 is 1.05 bits per heavy atom. The summed E-state index contributed by atoms with van der Waals surface area (Å²) in [6, 6.07) is 13.0. The lowest BCUT2D eigenvalue weighted by atomic mass is 9.86. The zero-order valence-corrected chi connectivity index (χ0v) is 63.7. The predicted octanol–water partition coefficient (Wildman–Crippen LogP) is 13.7. The number of nitrogens with zero attached hydrogens (tertiary/aromatic N) is 8. The molecule has 4 heterocycles. The Balaban J connectivity index is 0.000000252. The van der Waals surface area contributed by atoms with E-state index in [9.17, 15) is 26.4 Å². The average Bonchev–Trinajstić information content (AvgIpc) is 1.79. The predicted molar refractivity (Wildman–Crippen MR) is 378 cm³/mol. The second-order valence-electron chi connectivity index (χ2n) is 28.6. The van der Waals surface area contributed by atoms with Crippen LogP contribution in [0.25, 0.3) is 20.9 Å². The van der Waals surface area contributed by atoms with E-state index in [0.29, 0.717) is 52.4 Å². The number of rotatable bonds is 24. The van der Waals surface area contributed by atoms with Gasteiger partial charge < -0.3 is 40.6 Å². The largest absolute Gasteiger partial charge is 0.447 e. The number of nitrogens with one attached hydrogen (secondary N) is 5. The van der Waals surface area contributed by atoms with Crippen molar-refractivity contribution in [2.75, 3.05) is 24.3 Å². The number of thiazole rings is 2. The number of benzene rings is 2. The first-order valence-corrected chi connectivity index (χ1v) is 44.4. The first-order chi connectivity index (χ1) is 43.3. The van der Waals surface area contributed by atoms with E-state index >= 15 is 0 Å². The Hall–Kier alpha value is -5.23. The van der Waals surface area contributed by atoms with Gasteiger partial charge in [0.15, 0.2) is 0 Å². The van der Waals surface area contributed by atoms with Crippen molar-refractivity contribution < 1.29 is 45.4 Å². The minimum Gasteiger partial charge on any atom is -0.447 e. The lowest BCUT2D eigenvalue weighted by Crippen LogP contribution is -2.40. The molecule has 0 saturated heterocycles. The van der Waals surface area contributed by atoms with E-state index in [4.69, 9.17) is 29.7 Å². The minimum absolute atomic E-state index is 0.0738. The van der Waals surface area contributed by atoms with E-state index in [2.05, 4.69) is 106 Å². The number of hydrogen-bond donors (Lipinski definition) is 6. The summed E-state index contributed by atoms with van der Waals surface area (Å²) in [7, 11) is -9.83. The number of aromatic nitrogens is 8. The normalized spacial score (nSPS) is 17.5. The Labute approximate surface area is 569 Å². The van der Waals surface area contributed by atoms with Gasteiger partial charge in [0.25, 0.3) is 0 Å². The van der Waals surface area contributed by atoms with Gasteiger partial charge >= 0.3 is 12.2 Å². The molecule has 6 aromatic rings. The number of ether oxygens (including phenoxy) is 4. The number of halogens is 1. The number of nitrogens with two attached hydrogens (primary N) is 1. The molecule has 516 valence electrons. The number of anilines is 3. The molecule has 8 rings (SSSR count). The highest BCUT2D eigenvalue weighted by molar-refractivity contribution is 9.10. The van der Waals surface area contributed by atoms with Crippen LogP contribution in [0.4, 0.5) is 27.2 Å². The molecule has 0 aliphatic heterocycles.